The molecule has 5 heteroatoms. The fourth-order valence-electron chi connectivity index (χ4n) is 3.57. The number of aromatic nitrogens is 2. The first-order valence-electron chi connectivity index (χ1n) is 8.38. The zero-order valence-electron chi connectivity index (χ0n) is 13.5. The van der Waals surface area contributed by atoms with E-state index in [1.165, 1.54) is 26.2 Å². The molecular formula is C17H25N5. The highest BCUT2D eigenvalue weighted by Gasteiger charge is 2.35. The molecule has 0 saturated carbocycles. The lowest BCUT2D eigenvalue weighted by Crippen LogP contribution is -2.63. The second-order valence-corrected chi connectivity index (χ2v) is 6.80. The number of fused-ring (bicyclic) bond motifs is 1. The molecule has 4 rings (SSSR count). The third kappa shape index (κ3) is 2.48. The Bertz CT molecular complexity index is 602. The van der Waals surface area contributed by atoms with Crippen molar-refractivity contribution in [2.45, 2.75) is 25.9 Å². The molecular weight excluding hydrogens is 274 g/mol. The SMILES string of the molecule is CC(C)N1CCN(C2CN(c3nc4ccccc4[nH]3)C2)CC1. The number of nitrogens with one attached hydrogen (secondary N) is 1. The topological polar surface area (TPSA) is 38.4 Å². The maximum absolute atomic E-state index is 4.69. The van der Waals surface area contributed by atoms with Gasteiger partial charge in [0.15, 0.2) is 0 Å². The second-order valence-electron chi connectivity index (χ2n) is 6.80. The van der Waals surface area contributed by atoms with E-state index in [0.717, 1.165) is 30.1 Å². The van der Waals surface area contributed by atoms with Gasteiger partial charge in [-0.25, -0.2) is 4.98 Å². The van der Waals surface area contributed by atoms with Gasteiger partial charge < -0.3 is 9.88 Å². The van der Waals surface area contributed by atoms with Gasteiger partial charge >= 0.3 is 0 Å². The zero-order valence-corrected chi connectivity index (χ0v) is 13.5. The number of benzene rings is 1. The number of piperazine rings is 1. The molecule has 22 heavy (non-hydrogen) atoms. The standard InChI is InChI=1S/C17H25N5/c1-13(2)20-7-9-21(10-8-20)14-11-22(12-14)17-18-15-5-3-4-6-16(15)19-17/h3-6,13-14H,7-12H2,1-2H3,(H,18,19). The largest absolute Gasteiger partial charge is 0.339 e. The maximum Gasteiger partial charge on any atom is 0.203 e. The Hall–Kier alpha value is -1.59. The highest BCUT2D eigenvalue weighted by molar-refractivity contribution is 5.77. The predicted molar refractivity (Wildman–Crippen MR) is 90.4 cm³/mol. The lowest BCUT2D eigenvalue weighted by Gasteiger charge is -2.48. The summed E-state index contributed by atoms with van der Waals surface area (Å²) in [5, 5.41) is 0. The summed E-state index contributed by atoms with van der Waals surface area (Å²) < 4.78 is 0. The molecule has 3 heterocycles. The van der Waals surface area contributed by atoms with E-state index in [2.05, 4.69) is 51.7 Å². The van der Waals surface area contributed by atoms with E-state index in [1.807, 2.05) is 6.07 Å². The molecule has 1 N–H and O–H groups in total. The molecule has 2 aromatic rings. The fraction of sp³-hybridized carbons (Fsp3) is 0.588. The van der Waals surface area contributed by atoms with Crippen molar-refractivity contribution in [1.82, 2.24) is 19.8 Å². The summed E-state index contributed by atoms with van der Waals surface area (Å²) in [4.78, 5) is 15.7. The van der Waals surface area contributed by atoms with Gasteiger partial charge in [0.25, 0.3) is 0 Å². The Morgan fingerprint density at radius 3 is 2.50 bits per heavy atom. The summed E-state index contributed by atoms with van der Waals surface area (Å²) in [6.07, 6.45) is 0. The van der Waals surface area contributed by atoms with Gasteiger partial charge in [-0.1, -0.05) is 12.1 Å². The number of anilines is 1. The van der Waals surface area contributed by atoms with Crippen molar-refractivity contribution >= 4 is 17.0 Å². The molecule has 118 valence electrons. The Morgan fingerprint density at radius 1 is 1.09 bits per heavy atom. The highest BCUT2D eigenvalue weighted by atomic mass is 15.4. The summed E-state index contributed by atoms with van der Waals surface area (Å²) in [6.45, 7) is 11.6. The zero-order chi connectivity index (χ0) is 15.1. The molecule has 5 nitrogen and oxygen atoms in total. The van der Waals surface area contributed by atoms with E-state index in [4.69, 9.17) is 4.98 Å². The van der Waals surface area contributed by atoms with Crippen LogP contribution in [0.2, 0.25) is 0 Å². The van der Waals surface area contributed by atoms with Gasteiger partial charge in [0.05, 0.1) is 11.0 Å². The van der Waals surface area contributed by atoms with Crippen molar-refractivity contribution in [2.75, 3.05) is 44.2 Å². The Balaban J connectivity index is 1.34. The average molecular weight is 299 g/mol. The number of imidazole rings is 1. The molecule has 1 aromatic carbocycles. The molecule has 0 unspecified atom stereocenters. The van der Waals surface area contributed by atoms with Gasteiger partial charge in [-0.3, -0.25) is 9.80 Å². The monoisotopic (exact) mass is 299 g/mol. The van der Waals surface area contributed by atoms with Crippen LogP contribution in [0.5, 0.6) is 0 Å². The molecule has 1 aromatic heterocycles. The van der Waals surface area contributed by atoms with Crippen molar-refractivity contribution in [3.05, 3.63) is 24.3 Å². The molecule has 0 spiro atoms. The first-order valence-corrected chi connectivity index (χ1v) is 8.38. The van der Waals surface area contributed by atoms with Gasteiger partial charge in [0.1, 0.15) is 0 Å². The molecule has 2 fully saturated rings. The number of aromatic amines is 1. The van der Waals surface area contributed by atoms with Gasteiger partial charge in [-0.15, -0.1) is 0 Å². The summed E-state index contributed by atoms with van der Waals surface area (Å²) in [6, 6.07) is 9.63. The van der Waals surface area contributed by atoms with Crippen molar-refractivity contribution in [1.29, 1.82) is 0 Å². The van der Waals surface area contributed by atoms with Crippen LogP contribution in [0.25, 0.3) is 11.0 Å². The number of hydrogen-bond acceptors (Lipinski definition) is 4. The molecule has 0 amide bonds. The van der Waals surface area contributed by atoms with Crippen LogP contribution in [0.4, 0.5) is 5.95 Å². The number of rotatable bonds is 3. The molecule has 2 aliphatic rings. The number of para-hydroxylation sites is 2. The molecule has 2 saturated heterocycles. The highest BCUT2D eigenvalue weighted by Crippen LogP contribution is 2.24. The van der Waals surface area contributed by atoms with Crippen LogP contribution in [-0.2, 0) is 0 Å². The fourth-order valence-corrected chi connectivity index (χ4v) is 3.57. The third-order valence-electron chi connectivity index (χ3n) is 5.13. The Morgan fingerprint density at radius 2 is 1.82 bits per heavy atom. The van der Waals surface area contributed by atoms with E-state index in [1.54, 1.807) is 0 Å². The van der Waals surface area contributed by atoms with Crippen LogP contribution < -0.4 is 4.90 Å². The first kappa shape index (κ1) is 14.0. The third-order valence-corrected chi connectivity index (χ3v) is 5.13. The summed E-state index contributed by atoms with van der Waals surface area (Å²) in [5.74, 6) is 1.03. The first-order chi connectivity index (χ1) is 10.7. The minimum Gasteiger partial charge on any atom is -0.339 e. The molecule has 0 aliphatic carbocycles. The van der Waals surface area contributed by atoms with Gasteiger partial charge in [0.2, 0.25) is 5.95 Å². The van der Waals surface area contributed by atoms with Crippen molar-refractivity contribution < 1.29 is 0 Å². The Labute approximate surface area is 131 Å². The summed E-state index contributed by atoms with van der Waals surface area (Å²) in [7, 11) is 0. The molecule has 0 bridgehead atoms. The van der Waals surface area contributed by atoms with Crippen LogP contribution in [0.3, 0.4) is 0 Å². The van der Waals surface area contributed by atoms with E-state index in [0.29, 0.717) is 12.1 Å². The van der Waals surface area contributed by atoms with Crippen LogP contribution in [0.1, 0.15) is 13.8 Å². The van der Waals surface area contributed by atoms with E-state index in [-0.39, 0.29) is 0 Å². The quantitative estimate of drug-likeness (QED) is 0.937. The maximum atomic E-state index is 4.69. The van der Waals surface area contributed by atoms with Gasteiger partial charge in [0, 0.05) is 51.4 Å². The minimum absolute atomic E-state index is 0.676. The average Bonchev–Trinajstić information content (AvgIpc) is 2.89. The van der Waals surface area contributed by atoms with Crippen LogP contribution in [0.15, 0.2) is 24.3 Å². The van der Waals surface area contributed by atoms with Gasteiger partial charge in [-0.2, -0.15) is 0 Å². The lowest BCUT2D eigenvalue weighted by molar-refractivity contribution is 0.0675. The van der Waals surface area contributed by atoms with E-state index >= 15 is 0 Å². The molecule has 0 radical (unpaired) electrons. The Kier molecular flexibility index (Phi) is 3.54. The van der Waals surface area contributed by atoms with Crippen molar-refractivity contribution in [2.24, 2.45) is 0 Å². The number of hydrogen-bond donors (Lipinski definition) is 1. The van der Waals surface area contributed by atoms with E-state index in [9.17, 15) is 0 Å². The van der Waals surface area contributed by atoms with E-state index < -0.39 is 0 Å². The molecule has 2 aliphatic heterocycles. The van der Waals surface area contributed by atoms with Crippen LogP contribution in [-0.4, -0.2) is 71.1 Å². The lowest BCUT2D eigenvalue weighted by atomic mass is 10.1. The van der Waals surface area contributed by atoms with Crippen LogP contribution in [0, 0.1) is 0 Å². The second kappa shape index (κ2) is 5.56. The molecule has 0 atom stereocenters. The number of nitrogens with zero attached hydrogens (tertiary/aromatic N) is 4. The van der Waals surface area contributed by atoms with Crippen molar-refractivity contribution in [3.8, 4) is 0 Å². The van der Waals surface area contributed by atoms with Crippen molar-refractivity contribution in [3.63, 3.8) is 0 Å². The van der Waals surface area contributed by atoms with Crippen LogP contribution >= 0.6 is 0 Å². The van der Waals surface area contributed by atoms with Gasteiger partial charge in [-0.05, 0) is 26.0 Å². The number of H-pyrrole nitrogens is 1. The minimum atomic E-state index is 0.676. The predicted octanol–water partition coefficient (Wildman–Crippen LogP) is 1.78. The smallest absolute Gasteiger partial charge is 0.203 e. The summed E-state index contributed by atoms with van der Waals surface area (Å²) in [5.41, 5.74) is 2.19. The summed E-state index contributed by atoms with van der Waals surface area (Å²) >= 11 is 0. The normalized spacial score (nSPS) is 21.7.